The fourth-order valence-corrected chi connectivity index (χ4v) is 2.79. The molecule has 6 nitrogen and oxygen atoms in total. The van der Waals surface area contributed by atoms with Crippen LogP contribution in [0.1, 0.15) is 60.2 Å². The van der Waals surface area contributed by atoms with E-state index in [9.17, 15) is 9.70 Å². The minimum absolute atomic E-state index is 0.0320. The Hall–Kier alpha value is -2.57. The first-order valence-electron chi connectivity index (χ1n) is 8.08. The topological polar surface area (TPSA) is 78.6 Å². The maximum absolute atomic E-state index is 12.7. The van der Waals surface area contributed by atoms with Gasteiger partial charge < -0.3 is 5.11 Å². The fraction of sp³-hybridized carbons (Fsp3) is 0.316. The monoisotopic (exact) mass is 341 g/mol. The van der Waals surface area contributed by atoms with Crippen molar-refractivity contribution in [3.8, 4) is 0 Å². The molecule has 2 atom stereocenters. The highest BCUT2D eigenvalue weighted by Crippen LogP contribution is 2.32. The summed E-state index contributed by atoms with van der Waals surface area (Å²) >= 11 is 0. The Morgan fingerprint density at radius 3 is 2.40 bits per heavy atom. The summed E-state index contributed by atoms with van der Waals surface area (Å²) in [7, 11) is 0. The summed E-state index contributed by atoms with van der Waals surface area (Å²) in [5.74, 6) is -1.03. The lowest BCUT2D eigenvalue weighted by Gasteiger charge is -2.19. The van der Waals surface area contributed by atoms with Crippen molar-refractivity contribution < 1.29 is 19.5 Å². The van der Waals surface area contributed by atoms with Crippen LogP contribution in [0.2, 0.25) is 0 Å². The van der Waals surface area contributed by atoms with E-state index in [1.807, 2.05) is 24.3 Å². The molecule has 6 heteroatoms. The molecule has 1 aliphatic heterocycles. The number of aromatic carboxylic acids is 1. The molecule has 0 radical (unpaired) electrons. The standard InChI is InChI=1S/C19H20N2O4/c1-19(2,3)15-9-7-12(8-10-15)17-21(24)16(20-25-17)13-5-4-6-14(11-13)18(22)23/h4-11,16-17,20H,1-3H3/p+1. The van der Waals surface area contributed by atoms with Crippen LogP contribution in [-0.4, -0.2) is 15.8 Å². The number of benzene rings is 2. The molecule has 1 heterocycles. The first kappa shape index (κ1) is 17.3. The second kappa shape index (κ2) is 6.38. The second-order valence-corrected chi connectivity index (χ2v) is 7.15. The number of nitroso groups, excluding NO2 is 1. The predicted octanol–water partition coefficient (Wildman–Crippen LogP) is 3.69. The van der Waals surface area contributed by atoms with Crippen molar-refractivity contribution in [2.24, 2.45) is 0 Å². The smallest absolute Gasteiger partial charge is 0.349 e. The average molecular weight is 341 g/mol. The maximum atomic E-state index is 12.7. The van der Waals surface area contributed by atoms with Gasteiger partial charge in [-0.2, -0.15) is 0 Å². The van der Waals surface area contributed by atoms with E-state index in [4.69, 9.17) is 9.94 Å². The normalized spacial score (nSPS) is 20.7. The molecule has 2 unspecified atom stereocenters. The summed E-state index contributed by atoms with van der Waals surface area (Å²) in [5.41, 5.74) is 5.32. The van der Waals surface area contributed by atoms with E-state index in [0.717, 1.165) is 10.3 Å². The number of carboxylic acid groups (broad SMARTS) is 1. The second-order valence-electron chi connectivity index (χ2n) is 7.15. The van der Waals surface area contributed by atoms with E-state index in [2.05, 4.69) is 26.3 Å². The van der Waals surface area contributed by atoms with Gasteiger partial charge in [0, 0.05) is 10.5 Å². The van der Waals surface area contributed by atoms with Crippen LogP contribution in [0.3, 0.4) is 0 Å². The molecule has 2 aromatic carbocycles. The van der Waals surface area contributed by atoms with Gasteiger partial charge in [-0.3, -0.25) is 0 Å². The molecule has 1 saturated heterocycles. The Balaban J connectivity index is 1.82. The van der Waals surface area contributed by atoms with Gasteiger partial charge in [0.2, 0.25) is 0 Å². The summed E-state index contributed by atoms with van der Waals surface area (Å²) in [4.78, 5) is 29.2. The van der Waals surface area contributed by atoms with E-state index in [-0.39, 0.29) is 11.0 Å². The van der Waals surface area contributed by atoms with Crippen LogP contribution in [0.5, 0.6) is 0 Å². The summed E-state index contributed by atoms with van der Waals surface area (Å²) in [5, 5.41) is 9.10. The van der Waals surface area contributed by atoms with E-state index < -0.39 is 18.4 Å². The van der Waals surface area contributed by atoms with Crippen LogP contribution in [0.15, 0.2) is 48.5 Å². The molecule has 130 valence electrons. The van der Waals surface area contributed by atoms with Gasteiger partial charge in [0.1, 0.15) is 0 Å². The number of carboxylic acids is 1. The van der Waals surface area contributed by atoms with Crippen LogP contribution in [0, 0.1) is 4.91 Å². The molecule has 0 aliphatic carbocycles. The summed E-state index contributed by atoms with van der Waals surface area (Å²) in [6, 6.07) is 14.0. The Bertz CT molecular complexity index is 809. The Labute approximate surface area is 146 Å². The van der Waals surface area contributed by atoms with Crippen LogP contribution in [0.25, 0.3) is 0 Å². The van der Waals surface area contributed by atoms with Crippen LogP contribution in [0.4, 0.5) is 0 Å². The minimum Gasteiger partial charge on any atom is -0.478 e. The SMILES string of the molecule is CC(C)(C)c1ccc(C2ONC(c3cccc(C(=O)O)c3)[N+]2=O)cc1. The molecule has 0 bridgehead atoms. The number of hydrogen-bond donors (Lipinski definition) is 2. The summed E-state index contributed by atoms with van der Waals surface area (Å²) in [6.45, 7) is 6.38. The van der Waals surface area contributed by atoms with Gasteiger partial charge in [0.25, 0.3) is 0 Å². The van der Waals surface area contributed by atoms with Gasteiger partial charge in [0.15, 0.2) is 0 Å². The molecule has 3 rings (SSSR count). The largest absolute Gasteiger partial charge is 0.478 e. The lowest BCUT2D eigenvalue weighted by Crippen LogP contribution is -2.19. The number of hydrogen-bond acceptors (Lipinski definition) is 4. The van der Waals surface area contributed by atoms with Crippen molar-refractivity contribution >= 4 is 5.97 Å². The fourth-order valence-electron chi connectivity index (χ4n) is 2.79. The third kappa shape index (κ3) is 3.45. The molecule has 2 aromatic rings. The van der Waals surface area contributed by atoms with Gasteiger partial charge >= 0.3 is 18.4 Å². The molecule has 1 aliphatic rings. The van der Waals surface area contributed by atoms with E-state index in [0.29, 0.717) is 5.56 Å². The zero-order valence-electron chi connectivity index (χ0n) is 14.4. The maximum Gasteiger partial charge on any atom is 0.349 e. The average Bonchev–Trinajstić information content (AvgIpc) is 2.96. The Morgan fingerprint density at radius 2 is 1.80 bits per heavy atom. The number of rotatable bonds is 3. The van der Waals surface area contributed by atoms with Crippen molar-refractivity contribution in [3.63, 3.8) is 0 Å². The molecule has 0 amide bonds. The third-order valence-electron chi connectivity index (χ3n) is 4.29. The highest BCUT2D eigenvalue weighted by Gasteiger charge is 2.45. The van der Waals surface area contributed by atoms with Crippen LogP contribution in [-0.2, 0) is 10.3 Å². The van der Waals surface area contributed by atoms with Gasteiger partial charge in [-0.15, -0.1) is 5.48 Å². The molecule has 2 N–H and O–H groups in total. The summed E-state index contributed by atoms with van der Waals surface area (Å²) < 4.78 is 0.799. The van der Waals surface area contributed by atoms with Crippen molar-refractivity contribution in [2.45, 2.75) is 38.6 Å². The number of nitrogens with zero attached hydrogens (tertiary/aromatic N) is 1. The zero-order valence-corrected chi connectivity index (χ0v) is 14.4. The first-order chi connectivity index (χ1) is 11.8. The Morgan fingerprint density at radius 1 is 1.12 bits per heavy atom. The quantitative estimate of drug-likeness (QED) is 0.833. The van der Waals surface area contributed by atoms with Gasteiger partial charge in [-0.05, 0) is 35.2 Å². The molecule has 0 spiro atoms. The van der Waals surface area contributed by atoms with Crippen LogP contribution < -0.4 is 5.48 Å². The lowest BCUT2D eigenvalue weighted by atomic mass is 9.86. The third-order valence-corrected chi connectivity index (χ3v) is 4.29. The van der Waals surface area contributed by atoms with Crippen LogP contribution >= 0.6 is 0 Å². The number of nitrogens with one attached hydrogen (secondary N) is 1. The van der Waals surface area contributed by atoms with Crippen molar-refractivity contribution in [1.82, 2.24) is 5.48 Å². The van der Waals surface area contributed by atoms with E-state index in [1.165, 1.54) is 17.7 Å². The highest BCUT2D eigenvalue weighted by molar-refractivity contribution is 5.87. The van der Waals surface area contributed by atoms with Crippen molar-refractivity contribution in [3.05, 3.63) is 75.7 Å². The van der Waals surface area contributed by atoms with Crippen molar-refractivity contribution in [1.29, 1.82) is 0 Å². The lowest BCUT2D eigenvalue weighted by molar-refractivity contribution is -0.630. The molecule has 0 saturated carbocycles. The first-order valence-corrected chi connectivity index (χ1v) is 8.08. The van der Waals surface area contributed by atoms with Crippen molar-refractivity contribution in [2.75, 3.05) is 0 Å². The predicted molar refractivity (Wildman–Crippen MR) is 91.9 cm³/mol. The number of hydroxylamine groups is 1. The molecular formula is C19H21N2O4+. The number of carbonyl (C=O) groups is 1. The molecular weight excluding hydrogens is 320 g/mol. The van der Waals surface area contributed by atoms with E-state index >= 15 is 0 Å². The van der Waals surface area contributed by atoms with Gasteiger partial charge in [-0.1, -0.05) is 45.0 Å². The van der Waals surface area contributed by atoms with Gasteiger partial charge in [0.05, 0.1) is 15.9 Å². The Kier molecular flexibility index (Phi) is 4.41. The molecule has 1 fully saturated rings. The zero-order chi connectivity index (χ0) is 18.2. The minimum atomic E-state index is -1.03. The highest BCUT2D eigenvalue weighted by atomic mass is 16.7. The molecule has 0 aromatic heterocycles. The van der Waals surface area contributed by atoms with Gasteiger partial charge in [-0.25, -0.2) is 9.63 Å². The molecule has 25 heavy (non-hydrogen) atoms. The summed E-state index contributed by atoms with van der Waals surface area (Å²) in [6.07, 6.45) is -1.54. The van der Waals surface area contributed by atoms with E-state index in [1.54, 1.807) is 12.1 Å².